The number of carbonyl (C=O) groups is 1. The molecule has 1 aromatic heterocycles. The molecule has 130 valence electrons. The molecule has 4 nitrogen and oxygen atoms in total. The van der Waals surface area contributed by atoms with Crippen LogP contribution in [0.15, 0.2) is 36.4 Å². The van der Waals surface area contributed by atoms with Crippen molar-refractivity contribution in [2.75, 3.05) is 6.61 Å². The molecule has 24 heavy (non-hydrogen) atoms. The number of aromatic nitrogens is 1. The Bertz CT molecular complexity index is 696. The predicted molar refractivity (Wildman–Crippen MR) is 97.7 cm³/mol. The van der Waals surface area contributed by atoms with Crippen LogP contribution < -0.4 is 5.32 Å². The summed E-state index contributed by atoms with van der Waals surface area (Å²) in [5, 5.41) is 12.4. The van der Waals surface area contributed by atoms with Gasteiger partial charge in [-0.2, -0.15) is 0 Å². The summed E-state index contributed by atoms with van der Waals surface area (Å²) in [6.45, 7) is 10.2. The predicted octanol–water partition coefficient (Wildman–Crippen LogP) is 3.62. The van der Waals surface area contributed by atoms with Crippen molar-refractivity contribution in [2.45, 2.75) is 47.1 Å². The molecular weight excluding hydrogens is 300 g/mol. The second kappa shape index (κ2) is 7.22. The van der Waals surface area contributed by atoms with Gasteiger partial charge in [-0.15, -0.1) is 0 Å². The van der Waals surface area contributed by atoms with Crippen LogP contribution in [-0.2, 0) is 0 Å². The van der Waals surface area contributed by atoms with Gasteiger partial charge in [-0.3, -0.25) is 4.79 Å². The van der Waals surface area contributed by atoms with Gasteiger partial charge in [0.15, 0.2) is 0 Å². The third-order valence-electron chi connectivity index (χ3n) is 4.46. The first-order valence-corrected chi connectivity index (χ1v) is 8.41. The normalized spacial score (nSPS) is 12.9. The summed E-state index contributed by atoms with van der Waals surface area (Å²) >= 11 is 0. The SMILES string of the molecule is Cc1cc(C(=O)N[C@H](CCO)C(C)(C)C)c(C)n1-c1ccccc1. The van der Waals surface area contributed by atoms with Gasteiger partial charge >= 0.3 is 0 Å². The Balaban J connectivity index is 2.31. The number of hydrogen-bond acceptors (Lipinski definition) is 2. The number of rotatable bonds is 5. The molecule has 0 bridgehead atoms. The summed E-state index contributed by atoms with van der Waals surface area (Å²) in [7, 11) is 0. The number of benzene rings is 1. The lowest BCUT2D eigenvalue weighted by molar-refractivity contribution is 0.0884. The van der Waals surface area contributed by atoms with E-state index in [4.69, 9.17) is 0 Å². The third-order valence-corrected chi connectivity index (χ3v) is 4.46. The van der Waals surface area contributed by atoms with Crippen LogP contribution in [0.5, 0.6) is 0 Å². The molecule has 2 aromatic rings. The topological polar surface area (TPSA) is 54.3 Å². The number of aliphatic hydroxyl groups is 1. The molecule has 4 heteroatoms. The minimum Gasteiger partial charge on any atom is -0.396 e. The maximum Gasteiger partial charge on any atom is 0.253 e. The summed E-state index contributed by atoms with van der Waals surface area (Å²) in [5.74, 6) is -0.0846. The lowest BCUT2D eigenvalue weighted by Gasteiger charge is -2.31. The minimum absolute atomic E-state index is 0.0608. The molecule has 1 atom stereocenters. The van der Waals surface area contributed by atoms with Crippen LogP contribution in [0, 0.1) is 19.3 Å². The summed E-state index contributed by atoms with van der Waals surface area (Å²) in [6, 6.07) is 11.9. The lowest BCUT2D eigenvalue weighted by Crippen LogP contribution is -2.44. The van der Waals surface area contributed by atoms with E-state index in [-0.39, 0.29) is 24.0 Å². The second-order valence-electron chi connectivity index (χ2n) is 7.36. The number of aliphatic hydroxyl groups excluding tert-OH is 1. The van der Waals surface area contributed by atoms with Gasteiger partial charge < -0.3 is 15.0 Å². The summed E-state index contributed by atoms with van der Waals surface area (Å²) < 4.78 is 2.09. The Morgan fingerprint density at radius 2 is 1.83 bits per heavy atom. The lowest BCUT2D eigenvalue weighted by atomic mass is 9.84. The quantitative estimate of drug-likeness (QED) is 0.881. The van der Waals surface area contributed by atoms with E-state index in [0.717, 1.165) is 17.1 Å². The number of nitrogens with one attached hydrogen (secondary N) is 1. The maximum atomic E-state index is 12.8. The van der Waals surface area contributed by atoms with Crippen LogP contribution in [0.4, 0.5) is 0 Å². The van der Waals surface area contributed by atoms with Gasteiger partial charge in [0.05, 0.1) is 5.56 Å². The standard InChI is InChI=1S/C20H28N2O2/c1-14-13-17(15(2)22(14)16-9-7-6-8-10-16)19(24)21-18(11-12-23)20(3,4)5/h6-10,13,18,23H,11-12H2,1-5H3,(H,21,24)/t18-/m1/s1. The van der Waals surface area contributed by atoms with E-state index in [1.165, 1.54) is 0 Å². The zero-order valence-corrected chi connectivity index (χ0v) is 15.3. The Labute approximate surface area is 144 Å². The van der Waals surface area contributed by atoms with Crippen LogP contribution in [0.25, 0.3) is 5.69 Å². The van der Waals surface area contributed by atoms with E-state index < -0.39 is 0 Å². The van der Waals surface area contributed by atoms with E-state index in [1.807, 2.05) is 50.2 Å². The zero-order chi connectivity index (χ0) is 17.9. The summed E-state index contributed by atoms with van der Waals surface area (Å²) in [4.78, 5) is 12.8. The van der Waals surface area contributed by atoms with Crippen molar-refractivity contribution in [1.29, 1.82) is 0 Å². The number of amides is 1. The number of hydrogen-bond donors (Lipinski definition) is 2. The minimum atomic E-state index is -0.108. The third kappa shape index (κ3) is 3.88. The van der Waals surface area contributed by atoms with Gasteiger partial charge in [0, 0.05) is 29.7 Å². The number of aryl methyl sites for hydroxylation is 1. The molecule has 0 fully saturated rings. The first-order chi connectivity index (χ1) is 11.3. The molecule has 0 aliphatic rings. The summed E-state index contributed by atoms with van der Waals surface area (Å²) in [5.41, 5.74) is 3.58. The summed E-state index contributed by atoms with van der Waals surface area (Å²) in [6.07, 6.45) is 0.548. The molecular formula is C20H28N2O2. The van der Waals surface area contributed by atoms with Gasteiger partial charge in [0.2, 0.25) is 0 Å². The van der Waals surface area contributed by atoms with E-state index in [9.17, 15) is 9.90 Å². The zero-order valence-electron chi connectivity index (χ0n) is 15.3. The van der Waals surface area contributed by atoms with Crippen molar-refractivity contribution in [1.82, 2.24) is 9.88 Å². The number of para-hydroxylation sites is 1. The van der Waals surface area contributed by atoms with Crippen molar-refractivity contribution in [3.63, 3.8) is 0 Å². The first kappa shape index (κ1) is 18.3. The Kier molecular flexibility index (Phi) is 5.50. The molecule has 2 N–H and O–H groups in total. The molecule has 1 heterocycles. The average Bonchev–Trinajstić information content (AvgIpc) is 2.81. The fraction of sp³-hybridized carbons (Fsp3) is 0.450. The van der Waals surface area contributed by atoms with Gasteiger partial charge in [-0.05, 0) is 43.9 Å². The van der Waals surface area contributed by atoms with Gasteiger partial charge in [-0.1, -0.05) is 39.0 Å². The van der Waals surface area contributed by atoms with Gasteiger partial charge in [0.1, 0.15) is 0 Å². The molecule has 0 saturated carbocycles. The number of carbonyl (C=O) groups excluding carboxylic acids is 1. The maximum absolute atomic E-state index is 12.8. The number of nitrogens with zero attached hydrogens (tertiary/aromatic N) is 1. The average molecular weight is 328 g/mol. The van der Waals surface area contributed by atoms with Crippen LogP contribution in [-0.4, -0.2) is 28.2 Å². The van der Waals surface area contributed by atoms with Crippen LogP contribution in [0.2, 0.25) is 0 Å². The molecule has 2 rings (SSSR count). The van der Waals surface area contributed by atoms with E-state index in [0.29, 0.717) is 12.0 Å². The molecule has 0 spiro atoms. The molecule has 0 saturated heterocycles. The smallest absolute Gasteiger partial charge is 0.253 e. The van der Waals surface area contributed by atoms with Gasteiger partial charge in [-0.25, -0.2) is 0 Å². The highest BCUT2D eigenvalue weighted by Crippen LogP contribution is 2.24. The van der Waals surface area contributed by atoms with Crippen molar-refractivity contribution in [3.05, 3.63) is 53.3 Å². The highest BCUT2D eigenvalue weighted by Gasteiger charge is 2.27. The Morgan fingerprint density at radius 3 is 2.38 bits per heavy atom. The molecule has 1 aromatic carbocycles. The van der Waals surface area contributed by atoms with E-state index in [1.54, 1.807) is 0 Å². The fourth-order valence-electron chi connectivity index (χ4n) is 3.05. The molecule has 0 radical (unpaired) electrons. The Hall–Kier alpha value is -2.07. The van der Waals surface area contributed by atoms with Crippen molar-refractivity contribution >= 4 is 5.91 Å². The molecule has 0 aliphatic heterocycles. The highest BCUT2D eigenvalue weighted by molar-refractivity contribution is 5.96. The van der Waals surface area contributed by atoms with Crippen LogP contribution in [0.1, 0.15) is 48.9 Å². The first-order valence-electron chi connectivity index (χ1n) is 8.41. The molecule has 1 amide bonds. The van der Waals surface area contributed by atoms with E-state index >= 15 is 0 Å². The second-order valence-corrected chi connectivity index (χ2v) is 7.36. The highest BCUT2D eigenvalue weighted by atomic mass is 16.3. The molecule has 0 aliphatic carbocycles. The van der Waals surface area contributed by atoms with Crippen LogP contribution >= 0.6 is 0 Å². The van der Waals surface area contributed by atoms with Gasteiger partial charge in [0.25, 0.3) is 5.91 Å². The van der Waals surface area contributed by atoms with E-state index in [2.05, 4.69) is 30.7 Å². The largest absolute Gasteiger partial charge is 0.396 e. The monoisotopic (exact) mass is 328 g/mol. The van der Waals surface area contributed by atoms with Crippen molar-refractivity contribution in [2.24, 2.45) is 5.41 Å². The Morgan fingerprint density at radius 1 is 1.21 bits per heavy atom. The molecule has 0 unspecified atom stereocenters. The van der Waals surface area contributed by atoms with Crippen LogP contribution in [0.3, 0.4) is 0 Å². The van der Waals surface area contributed by atoms with Crippen molar-refractivity contribution in [3.8, 4) is 5.69 Å². The fourth-order valence-corrected chi connectivity index (χ4v) is 3.05. The van der Waals surface area contributed by atoms with Crippen molar-refractivity contribution < 1.29 is 9.90 Å².